The summed E-state index contributed by atoms with van der Waals surface area (Å²) in [5.74, 6) is 3.18. The van der Waals surface area contributed by atoms with Crippen molar-refractivity contribution in [1.82, 2.24) is 9.88 Å². The summed E-state index contributed by atoms with van der Waals surface area (Å²) in [5.41, 5.74) is 4.14. The number of amides is 1. The molecule has 0 spiro atoms. The van der Waals surface area contributed by atoms with Crippen molar-refractivity contribution in [3.8, 4) is 0 Å². The average Bonchev–Trinajstić information content (AvgIpc) is 2.87. The molecule has 1 amide bonds. The molecule has 4 saturated carbocycles. The lowest BCUT2D eigenvalue weighted by molar-refractivity contribution is -0.142. The lowest BCUT2D eigenvalue weighted by atomic mass is 9.48. The van der Waals surface area contributed by atoms with Gasteiger partial charge in [-0.3, -0.25) is 9.78 Å². The maximum atomic E-state index is 13.3. The first kappa shape index (κ1) is 14.5. The van der Waals surface area contributed by atoms with E-state index in [1.54, 1.807) is 0 Å². The van der Waals surface area contributed by atoms with Gasteiger partial charge in [0.25, 0.3) is 0 Å². The third kappa shape index (κ3) is 1.98. The second-order valence-corrected chi connectivity index (χ2v) is 9.80. The summed E-state index contributed by atoms with van der Waals surface area (Å²) in [7, 11) is 0. The van der Waals surface area contributed by atoms with E-state index in [0.717, 1.165) is 41.9 Å². The summed E-state index contributed by atoms with van der Waals surface area (Å²) < 4.78 is 0. The van der Waals surface area contributed by atoms with E-state index in [9.17, 15) is 4.79 Å². The highest BCUT2D eigenvalue weighted by molar-refractivity contribution is 6.01. The highest BCUT2D eigenvalue weighted by Crippen LogP contribution is 2.61. The Hall–Kier alpha value is -1.64. The van der Waals surface area contributed by atoms with E-state index < -0.39 is 0 Å². The molecule has 0 aromatic carbocycles. The summed E-state index contributed by atoms with van der Waals surface area (Å²) in [6.45, 7) is 3.46. The predicted octanol–water partition coefficient (Wildman–Crippen LogP) is 3.69. The number of aromatic nitrogens is 1. The molecule has 2 unspecified atom stereocenters. The number of rotatable bonds is 1. The SMILES string of the molecule is C[C@@]12CC3C[C@H](C1)[C@H](N1CC4Cc5ccncc5C=C4C1=O)[C@@H](C3)C2. The molecule has 3 nitrogen and oxygen atoms in total. The molecule has 1 aromatic heterocycles. The molecule has 5 aliphatic carbocycles. The summed E-state index contributed by atoms with van der Waals surface area (Å²) in [6, 6.07) is 2.64. The Balaban J connectivity index is 1.33. The van der Waals surface area contributed by atoms with Crippen LogP contribution in [0.1, 0.15) is 50.2 Å². The summed E-state index contributed by atoms with van der Waals surface area (Å²) in [6.07, 6.45) is 13.8. The van der Waals surface area contributed by atoms with Gasteiger partial charge in [-0.25, -0.2) is 0 Å². The third-order valence-electron chi connectivity index (χ3n) is 7.98. The fraction of sp³-hybridized carbons (Fsp3) is 0.636. The van der Waals surface area contributed by atoms with Crippen LogP contribution >= 0.6 is 0 Å². The van der Waals surface area contributed by atoms with Crippen LogP contribution in [-0.2, 0) is 11.2 Å². The van der Waals surface area contributed by atoms with Gasteiger partial charge in [0.2, 0.25) is 5.91 Å². The van der Waals surface area contributed by atoms with Gasteiger partial charge in [0, 0.05) is 36.5 Å². The number of carbonyl (C=O) groups is 1. The Labute approximate surface area is 149 Å². The second-order valence-electron chi connectivity index (χ2n) is 9.80. The fourth-order valence-corrected chi connectivity index (χ4v) is 7.47. The molecule has 25 heavy (non-hydrogen) atoms. The Morgan fingerprint density at radius 3 is 2.76 bits per heavy atom. The minimum absolute atomic E-state index is 0.335. The van der Waals surface area contributed by atoms with Crippen molar-refractivity contribution in [2.45, 2.75) is 51.5 Å². The van der Waals surface area contributed by atoms with Crippen LogP contribution in [0, 0.1) is 29.1 Å². The van der Waals surface area contributed by atoms with E-state index in [0.29, 0.717) is 23.3 Å². The normalized spacial score (nSPS) is 43.9. The smallest absolute Gasteiger partial charge is 0.250 e. The number of carbonyl (C=O) groups excluding carboxylic acids is 1. The molecule has 2 heterocycles. The van der Waals surface area contributed by atoms with Crippen molar-refractivity contribution in [2.75, 3.05) is 6.54 Å². The minimum Gasteiger partial charge on any atom is -0.335 e. The lowest BCUT2D eigenvalue weighted by Crippen LogP contribution is -2.59. The van der Waals surface area contributed by atoms with Crippen LogP contribution < -0.4 is 0 Å². The second kappa shape index (κ2) is 4.75. The third-order valence-corrected chi connectivity index (χ3v) is 7.98. The molecular formula is C22H26N2O. The van der Waals surface area contributed by atoms with Crippen LogP contribution in [0.3, 0.4) is 0 Å². The van der Waals surface area contributed by atoms with Crippen LogP contribution in [0.5, 0.6) is 0 Å². The van der Waals surface area contributed by atoms with Gasteiger partial charge in [-0.1, -0.05) is 6.92 Å². The average molecular weight is 334 g/mol. The van der Waals surface area contributed by atoms with Crippen LogP contribution in [0.25, 0.3) is 6.08 Å². The molecule has 3 heteroatoms. The number of likely N-dealkylation sites (tertiary alicyclic amines) is 1. The van der Waals surface area contributed by atoms with Crippen LogP contribution in [0.4, 0.5) is 0 Å². The molecular weight excluding hydrogens is 308 g/mol. The van der Waals surface area contributed by atoms with E-state index in [2.05, 4.69) is 29.0 Å². The molecule has 1 saturated heterocycles. The number of hydrogen-bond acceptors (Lipinski definition) is 2. The monoisotopic (exact) mass is 334 g/mol. The van der Waals surface area contributed by atoms with Gasteiger partial charge >= 0.3 is 0 Å². The van der Waals surface area contributed by atoms with Crippen LogP contribution in [0.15, 0.2) is 24.0 Å². The Morgan fingerprint density at radius 2 is 2.00 bits per heavy atom. The van der Waals surface area contributed by atoms with Crippen molar-refractivity contribution in [3.05, 3.63) is 35.2 Å². The topological polar surface area (TPSA) is 33.2 Å². The Bertz CT molecular complexity index is 781. The van der Waals surface area contributed by atoms with Gasteiger partial charge in [0.1, 0.15) is 0 Å². The predicted molar refractivity (Wildman–Crippen MR) is 96.6 cm³/mol. The Morgan fingerprint density at radius 1 is 1.20 bits per heavy atom. The molecule has 130 valence electrons. The number of fused-ring (bicyclic) bond motifs is 2. The van der Waals surface area contributed by atoms with Gasteiger partial charge < -0.3 is 4.90 Å². The van der Waals surface area contributed by atoms with Gasteiger partial charge in [0.15, 0.2) is 0 Å². The van der Waals surface area contributed by atoms with E-state index in [4.69, 9.17) is 0 Å². The number of hydrogen-bond donors (Lipinski definition) is 0. The van der Waals surface area contributed by atoms with Crippen molar-refractivity contribution in [1.29, 1.82) is 0 Å². The zero-order chi connectivity index (χ0) is 16.8. The molecule has 0 radical (unpaired) electrons. The Kier molecular flexibility index (Phi) is 2.76. The van der Waals surface area contributed by atoms with Crippen molar-refractivity contribution in [3.63, 3.8) is 0 Å². The van der Waals surface area contributed by atoms with Gasteiger partial charge in [0.05, 0.1) is 0 Å². The van der Waals surface area contributed by atoms with E-state index in [1.807, 2.05) is 12.4 Å². The molecule has 0 N–H and O–H groups in total. The quantitative estimate of drug-likeness (QED) is 0.785. The van der Waals surface area contributed by atoms with Gasteiger partial charge in [-0.15, -0.1) is 0 Å². The molecule has 4 bridgehead atoms. The van der Waals surface area contributed by atoms with E-state index in [-0.39, 0.29) is 0 Å². The van der Waals surface area contributed by atoms with Crippen LogP contribution in [-0.4, -0.2) is 28.4 Å². The maximum absolute atomic E-state index is 13.3. The molecule has 1 aliphatic heterocycles. The molecule has 1 aromatic rings. The zero-order valence-corrected chi connectivity index (χ0v) is 14.9. The number of nitrogens with zero attached hydrogens (tertiary/aromatic N) is 2. The molecule has 7 rings (SSSR count). The maximum Gasteiger partial charge on any atom is 0.250 e. The molecule has 5 fully saturated rings. The zero-order valence-electron chi connectivity index (χ0n) is 14.9. The highest BCUT2D eigenvalue weighted by Gasteiger charge is 2.57. The first-order valence-corrected chi connectivity index (χ1v) is 10.1. The van der Waals surface area contributed by atoms with Crippen molar-refractivity contribution >= 4 is 12.0 Å². The largest absolute Gasteiger partial charge is 0.335 e. The van der Waals surface area contributed by atoms with Crippen molar-refractivity contribution < 1.29 is 4.79 Å². The van der Waals surface area contributed by atoms with E-state index >= 15 is 0 Å². The van der Waals surface area contributed by atoms with Gasteiger partial charge in [-0.05, 0) is 85.0 Å². The first-order chi connectivity index (χ1) is 12.1. The standard InChI is InChI=1S/C22H26N2O/c1-22-8-13-4-15(9-22)20(16(5-13)10-22)24-12-18-6-14-2-3-23-11-17(14)7-19(18)21(24)25/h2-3,7,11,13,15-16,18,20H,4-6,8-10,12H2,1H3/t13?,15-,16+,18?,20+,22-. The minimum atomic E-state index is 0.335. The summed E-state index contributed by atoms with van der Waals surface area (Å²) >= 11 is 0. The van der Waals surface area contributed by atoms with Crippen molar-refractivity contribution in [2.24, 2.45) is 29.1 Å². The molecule has 6 atom stereocenters. The van der Waals surface area contributed by atoms with Gasteiger partial charge in [-0.2, -0.15) is 0 Å². The van der Waals surface area contributed by atoms with Crippen LogP contribution in [0.2, 0.25) is 0 Å². The van der Waals surface area contributed by atoms with E-state index in [1.165, 1.54) is 37.7 Å². The summed E-state index contributed by atoms with van der Waals surface area (Å²) in [4.78, 5) is 19.8. The highest BCUT2D eigenvalue weighted by atomic mass is 16.2. The molecule has 6 aliphatic rings. The first-order valence-electron chi connectivity index (χ1n) is 10.1. The summed E-state index contributed by atoms with van der Waals surface area (Å²) in [5, 5.41) is 0. The lowest BCUT2D eigenvalue weighted by Gasteiger charge is -2.60. The fourth-order valence-electron chi connectivity index (χ4n) is 7.47. The number of pyridine rings is 1.